The second-order valence-corrected chi connectivity index (χ2v) is 5.30. The number of aromatic nitrogens is 1. The molecule has 0 fully saturated rings. The number of amides is 2. The average molecular weight is 355 g/mol. The number of H-pyrrole nitrogens is 1. The number of methoxy groups -OCH3 is 1. The van der Waals surface area contributed by atoms with Gasteiger partial charge in [-0.1, -0.05) is 18.2 Å². The van der Waals surface area contributed by atoms with Crippen LogP contribution in [-0.2, 0) is 20.7 Å². The highest BCUT2D eigenvalue weighted by Crippen LogP contribution is 2.19. The molecule has 8 heteroatoms. The lowest BCUT2D eigenvalue weighted by Crippen LogP contribution is -2.53. The number of ether oxygens (including phenoxy) is 1. The third-order valence-electron chi connectivity index (χ3n) is 3.66. The Bertz CT molecular complexity index is 689. The van der Waals surface area contributed by atoms with Crippen molar-refractivity contribution in [3.05, 3.63) is 36.0 Å². The predicted octanol–water partition coefficient (Wildman–Crippen LogP) is 0.337. The van der Waals surface area contributed by atoms with Crippen LogP contribution in [0.2, 0.25) is 0 Å². The summed E-state index contributed by atoms with van der Waals surface area (Å²) >= 11 is 0. The number of nitrogens with two attached hydrogens (primary N) is 1. The lowest BCUT2D eigenvalue weighted by Gasteiger charge is -2.19. The van der Waals surface area contributed by atoms with Crippen LogP contribution < -0.4 is 16.4 Å². The second-order valence-electron chi connectivity index (χ2n) is 5.30. The van der Waals surface area contributed by atoms with Gasteiger partial charge < -0.3 is 26.1 Å². The summed E-state index contributed by atoms with van der Waals surface area (Å²) in [4.78, 5) is 27.3. The first kappa shape index (κ1) is 20.0. The van der Waals surface area contributed by atoms with E-state index in [2.05, 4.69) is 15.6 Å². The van der Waals surface area contributed by atoms with Crippen LogP contribution in [0.25, 0.3) is 10.9 Å². The van der Waals surface area contributed by atoms with E-state index < -0.39 is 18.0 Å². The number of likely N-dealkylation sites (N-methyl/N-ethyl adjacent to an activating group) is 1. The Balaban J connectivity index is 0.00000288. The Morgan fingerprint density at radius 2 is 2.00 bits per heavy atom. The molecule has 2 rings (SSSR count). The number of rotatable bonds is 7. The third-order valence-corrected chi connectivity index (χ3v) is 3.66. The number of nitrogens with one attached hydrogen (secondary N) is 3. The molecule has 1 heterocycles. The van der Waals surface area contributed by atoms with Gasteiger partial charge in [0.25, 0.3) is 0 Å². The van der Waals surface area contributed by atoms with Gasteiger partial charge in [-0.2, -0.15) is 0 Å². The normalized spacial score (nSPS) is 13.0. The van der Waals surface area contributed by atoms with Gasteiger partial charge in [0.05, 0.1) is 6.61 Å². The molecule has 0 bridgehead atoms. The van der Waals surface area contributed by atoms with Crippen molar-refractivity contribution in [3.8, 4) is 0 Å². The Hall–Kier alpha value is -2.09. The first-order chi connectivity index (χ1) is 11.1. The van der Waals surface area contributed by atoms with E-state index in [9.17, 15) is 9.59 Å². The van der Waals surface area contributed by atoms with Crippen LogP contribution in [0.3, 0.4) is 0 Å². The number of halogens is 1. The van der Waals surface area contributed by atoms with Crippen molar-refractivity contribution < 1.29 is 14.3 Å². The molecular weight excluding hydrogens is 332 g/mol. The Labute approximate surface area is 146 Å². The Morgan fingerprint density at radius 1 is 1.29 bits per heavy atom. The number of aromatic amines is 1. The molecule has 5 N–H and O–H groups in total. The van der Waals surface area contributed by atoms with Crippen molar-refractivity contribution in [1.82, 2.24) is 15.6 Å². The summed E-state index contributed by atoms with van der Waals surface area (Å²) in [7, 11) is 3.00. The molecule has 1 unspecified atom stereocenters. The largest absolute Gasteiger partial charge is 0.383 e. The van der Waals surface area contributed by atoms with Gasteiger partial charge in [-0.15, -0.1) is 12.4 Å². The van der Waals surface area contributed by atoms with Crippen LogP contribution >= 0.6 is 12.4 Å². The fraction of sp³-hybridized carbons (Fsp3) is 0.375. The summed E-state index contributed by atoms with van der Waals surface area (Å²) in [6.07, 6.45) is 2.22. The molecule has 0 saturated heterocycles. The van der Waals surface area contributed by atoms with Crippen LogP contribution in [-0.4, -0.2) is 49.6 Å². The van der Waals surface area contributed by atoms with E-state index in [1.54, 1.807) is 0 Å². The molecule has 2 aromatic rings. The van der Waals surface area contributed by atoms with E-state index in [1.165, 1.54) is 14.2 Å². The highest BCUT2D eigenvalue weighted by atomic mass is 35.5. The molecule has 7 nitrogen and oxygen atoms in total. The smallest absolute Gasteiger partial charge is 0.242 e. The van der Waals surface area contributed by atoms with E-state index in [4.69, 9.17) is 10.5 Å². The van der Waals surface area contributed by atoms with Gasteiger partial charge in [-0.05, 0) is 11.6 Å². The third kappa shape index (κ3) is 4.70. The van der Waals surface area contributed by atoms with E-state index in [0.717, 1.165) is 16.5 Å². The molecular formula is C16H23ClN4O3. The van der Waals surface area contributed by atoms with Gasteiger partial charge in [0.1, 0.15) is 12.1 Å². The highest BCUT2D eigenvalue weighted by Gasteiger charge is 2.24. The van der Waals surface area contributed by atoms with Gasteiger partial charge >= 0.3 is 0 Å². The summed E-state index contributed by atoms with van der Waals surface area (Å²) < 4.78 is 4.87. The summed E-state index contributed by atoms with van der Waals surface area (Å²) in [5.41, 5.74) is 7.65. The fourth-order valence-corrected chi connectivity index (χ4v) is 2.44. The molecule has 0 aliphatic rings. The predicted molar refractivity (Wildman–Crippen MR) is 95.1 cm³/mol. The molecule has 0 saturated carbocycles. The molecule has 132 valence electrons. The first-order valence-electron chi connectivity index (χ1n) is 7.38. The van der Waals surface area contributed by atoms with Crippen LogP contribution in [0.4, 0.5) is 0 Å². The number of hydrogen-bond acceptors (Lipinski definition) is 4. The van der Waals surface area contributed by atoms with Crippen molar-refractivity contribution in [3.63, 3.8) is 0 Å². The van der Waals surface area contributed by atoms with Crippen molar-refractivity contribution in [1.29, 1.82) is 0 Å². The molecule has 1 aromatic heterocycles. The zero-order valence-corrected chi connectivity index (χ0v) is 14.5. The van der Waals surface area contributed by atoms with Crippen LogP contribution in [0.15, 0.2) is 30.5 Å². The molecule has 0 spiro atoms. The summed E-state index contributed by atoms with van der Waals surface area (Å²) in [6.45, 7) is 0.0966. The van der Waals surface area contributed by atoms with Gasteiger partial charge in [0.15, 0.2) is 0 Å². The summed E-state index contributed by atoms with van der Waals surface area (Å²) in [6, 6.07) is 6.29. The van der Waals surface area contributed by atoms with Crippen LogP contribution in [0.1, 0.15) is 5.56 Å². The van der Waals surface area contributed by atoms with Gasteiger partial charge in [-0.3, -0.25) is 9.59 Å². The van der Waals surface area contributed by atoms with Crippen molar-refractivity contribution in [2.24, 2.45) is 5.73 Å². The van der Waals surface area contributed by atoms with Crippen LogP contribution in [0, 0.1) is 0 Å². The standard InChI is InChI=1S/C16H22N4O3.ClH/c1-18-16(22)14(20-15(21)12(17)9-23-2)7-10-8-19-13-6-4-3-5-11(10)13;/h3-6,8,12,14,19H,7,9,17H2,1-2H3,(H,18,22)(H,20,21);1H/t12?,14-;/m0./s1. The van der Waals surface area contributed by atoms with E-state index in [-0.39, 0.29) is 24.9 Å². The van der Waals surface area contributed by atoms with E-state index in [0.29, 0.717) is 6.42 Å². The maximum Gasteiger partial charge on any atom is 0.242 e. The molecule has 24 heavy (non-hydrogen) atoms. The Kier molecular flexibility index (Phi) is 7.70. The average Bonchev–Trinajstić information content (AvgIpc) is 2.96. The van der Waals surface area contributed by atoms with E-state index in [1.807, 2.05) is 30.5 Å². The molecule has 2 amide bonds. The minimum absolute atomic E-state index is 0. The molecule has 2 atom stereocenters. The highest BCUT2D eigenvalue weighted by molar-refractivity contribution is 5.91. The zero-order chi connectivity index (χ0) is 16.8. The molecule has 0 aliphatic carbocycles. The van der Waals surface area contributed by atoms with Crippen LogP contribution in [0.5, 0.6) is 0 Å². The first-order valence-corrected chi connectivity index (χ1v) is 7.38. The lowest BCUT2D eigenvalue weighted by molar-refractivity contribution is -0.130. The number of benzene rings is 1. The molecule has 0 aliphatic heterocycles. The number of fused-ring (bicyclic) bond motifs is 1. The zero-order valence-electron chi connectivity index (χ0n) is 13.7. The topological polar surface area (TPSA) is 109 Å². The lowest BCUT2D eigenvalue weighted by atomic mass is 10.0. The van der Waals surface area contributed by atoms with Crippen molar-refractivity contribution in [2.75, 3.05) is 20.8 Å². The molecule has 0 radical (unpaired) electrons. The maximum absolute atomic E-state index is 12.1. The quantitative estimate of drug-likeness (QED) is 0.574. The second kappa shape index (κ2) is 9.27. The number of carbonyl (C=O) groups is 2. The minimum atomic E-state index is -0.810. The number of hydrogen-bond donors (Lipinski definition) is 4. The fourth-order valence-electron chi connectivity index (χ4n) is 2.44. The summed E-state index contributed by atoms with van der Waals surface area (Å²) in [5, 5.41) is 6.28. The van der Waals surface area contributed by atoms with Gasteiger partial charge in [0, 0.05) is 37.7 Å². The van der Waals surface area contributed by atoms with Gasteiger partial charge in [0.2, 0.25) is 11.8 Å². The Morgan fingerprint density at radius 3 is 2.67 bits per heavy atom. The monoisotopic (exact) mass is 354 g/mol. The maximum atomic E-state index is 12.1. The summed E-state index contributed by atoms with van der Waals surface area (Å²) in [5.74, 6) is -0.687. The SMILES string of the molecule is CNC(=O)[C@H](Cc1c[nH]c2ccccc12)NC(=O)C(N)COC.Cl. The van der Waals surface area contributed by atoms with Crippen molar-refractivity contribution >= 4 is 35.1 Å². The number of carbonyl (C=O) groups excluding carboxylic acids is 2. The van der Waals surface area contributed by atoms with Gasteiger partial charge in [-0.25, -0.2) is 0 Å². The molecule has 1 aromatic carbocycles. The van der Waals surface area contributed by atoms with Crippen molar-refractivity contribution in [2.45, 2.75) is 18.5 Å². The number of para-hydroxylation sites is 1. The minimum Gasteiger partial charge on any atom is -0.383 e. The van der Waals surface area contributed by atoms with E-state index >= 15 is 0 Å².